The monoisotopic (exact) mass is 600 g/mol. The van der Waals surface area contributed by atoms with Crippen molar-refractivity contribution in [2.24, 2.45) is 0 Å². The van der Waals surface area contributed by atoms with Crippen LogP contribution in [0.2, 0.25) is 0 Å². The van der Waals surface area contributed by atoms with Gasteiger partial charge in [0.2, 0.25) is 0 Å². The van der Waals surface area contributed by atoms with Crippen molar-refractivity contribution in [1.29, 1.82) is 0 Å². The number of fused-ring (bicyclic) bond motifs is 2. The number of hydrogen-bond donors (Lipinski definition) is 2. The van der Waals surface area contributed by atoms with Crippen LogP contribution in [0.15, 0.2) is 79.4 Å². The number of aromatic nitrogens is 4. The lowest BCUT2D eigenvalue weighted by atomic mass is 10.0. The number of nitrogens with one attached hydrogen (secondary N) is 2. The van der Waals surface area contributed by atoms with Crippen molar-refractivity contribution >= 4 is 21.4 Å². The summed E-state index contributed by atoms with van der Waals surface area (Å²) in [5, 5.41) is 5.76. The number of rotatable bonds is 11. The van der Waals surface area contributed by atoms with E-state index >= 15 is 0 Å². The van der Waals surface area contributed by atoms with Crippen LogP contribution in [0, 0.1) is 0 Å². The van der Waals surface area contributed by atoms with Gasteiger partial charge in [-0.15, -0.1) is 9.24 Å². The lowest BCUT2D eigenvalue weighted by molar-refractivity contribution is 0.0943. The van der Waals surface area contributed by atoms with E-state index in [2.05, 4.69) is 70.8 Å². The molecule has 0 saturated carbocycles. The molecule has 2 amide bonds. The van der Waals surface area contributed by atoms with Crippen molar-refractivity contribution in [2.75, 3.05) is 13.1 Å². The van der Waals surface area contributed by atoms with Crippen LogP contribution < -0.4 is 10.6 Å². The number of amides is 2. The largest absolute Gasteiger partial charge is 0.438 e. The zero-order valence-corrected chi connectivity index (χ0v) is 25.1. The van der Waals surface area contributed by atoms with Crippen molar-refractivity contribution in [3.8, 4) is 0 Å². The van der Waals surface area contributed by atoms with Gasteiger partial charge >= 0.3 is 12.2 Å². The predicted molar refractivity (Wildman–Crippen MR) is 165 cm³/mol. The van der Waals surface area contributed by atoms with Crippen LogP contribution in [0.1, 0.15) is 78.1 Å². The number of nitrogens with zero attached hydrogens (tertiary/aromatic N) is 4. The summed E-state index contributed by atoms with van der Waals surface area (Å²) in [6.07, 6.45) is 10.5. The van der Waals surface area contributed by atoms with E-state index in [1.165, 1.54) is 16.7 Å². The summed E-state index contributed by atoms with van der Waals surface area (Å²) in [5.41, 5.74) is 3.61. The Balaban J connectivity index is 0.879. The Bertz CT molecular complexity index is 1540. The molecule has 1 unspecified atom stereocenters. The van der Waals surface area contributed by atoms with E-state index in [-0.39, 0.29) is 24.0 Å². The van der Waals surface area contributed by atoms with Crippen molar-refractivity contribution in [3.05, 3.63) is 108 Å². The summed E-state index contributed by atoms with van der Waals surface area (Å²) < 4.78 is 15.5. The Morgan fingerprint density at radius 1 is 0.791 bits per heavy atom. The first-order valence-electron chi connectivity index (χ1n) is 14.9. The van der Waals surface area contributed by atoms with Gasteiger partial charge in [-0.1, -0.05) is 54.6 Å². The highest BCUT2D eigenvalue weighted by Gasteiger charge is 2.35. The van der Waals surface area contributed by atoms with Gasteiger partial charge in [-0.05, 0) is 42.4 Å². The standard InChI is InChI=1S/C32H37N6O4P/c39-31(41-26-20-25(24-11-2-1-3-12-24)37-17-15-33-29(26)37)35-13-5-9-22-7-4-8-23(19-22)10-6-14-36-32(40)42-27-21-28(43)38-18-16-34-30(27)38/h1-4,7-8,11-12,15-19,25-28H,5-6,9-10,13-14,20-21,43H2,(H,35,39)(H,36,40)/t25-,26+,27+,28+/m1/s1. The van der Waals surface area contributed by atoms with E-state index in [0.29, 0.717) is 25.9 Å². The van der Waals surface area contributed by atoms with Gasteiger partial charge in [0.05, 0.1) is 11.8 Å². The van der Waals surface area contributed by atoms with Crippen molar-refractivity contribution in [1.82, 2.24) is 29.7 Å². The first-order valence-corrected chi connectivity index (χ1v) is 15.5. The van der Waals surface area contributed by atoms with E-state index in [1.807, 2.05) is 35.2 Å². The molecule has 5 atom stereocenters. The smallest absolute Gasteiger partial charge is 0.407 e. The number of carbonyl (C=O) groups is 2. The highest BCUT2D eigenvalue weighted by atomic mass is 31.0. The second kappa shape index (κ2) is 13.4. The molecule has 224 valence electrons. The molecule has 0 spiro atoms. The average molecular weight is 601 g/mol. The van der Waals surface area contributed by atoms with Crippen LogP contribution in [0.5, 0.6) is 0 Å². The summed E-state index contributed by atoms with van der Waals surface area (Å²) in [7, 11) is 2.76. The summed E-state index contributed by atoms with van der Waals surface area (Å²) in [6.45, 7) is 1.06. The van der Waals surface area contributed by atoms with Gasteiger partial charge < -0.3 is 29.2 Å². The van der Waals surface area contributed by atoms with Crippen molar-refractivity contribution in [2.45, 2.75) is 62.6 Å². The zero-order valence-electron chi connectivity index (χ0n) is 24.0. The fourth-order valence-corrected chi connectivity index (χ4v) is 6.47. The molecule has 2 N–H and O–H groups in total. The van der Waals surface area contributed by atoms with Crippen molar-refractivity contribution < 1.29 is 19.1 Å². The van der Waals surface area contributed by atoms with Crippen LogP contribution in [0.4, 0.5) is 9.59 Å². The maximum absolute atomic E-state index is 12.6. The van der Waals surface area contributed by atoms with Gasteiger partial charge in [0, 0.05) is 50.7 Å². The molecule has 0 bridgehead atoms. The topological polar surface area (TPSA) is 112 Å². The highest BCUT2D eigenvalue weighted by Crippen LogP contribution is 2.40. The fraction of sp³-hybridized carbons (Fsp3) is 0.375. The number of aryl methyl sites for hydroxylation is 2. The maximum Gasteiger partial charge on any atom is 0.407 e. The van der Waals surface area contributed by atoms with Crippen LogP contribution in [0.3, 0.4) is 0 Å². The third-order valence-corrected chi connectivity index (χ3v) is 8.65. The first kappa shape index (κ1) is 28.9. The maximum atomic E-state index is 12.6. The molecule has 0 radical (unpaired) electrons. The molecular formula is C32H37N6O4P. The summed E-state index contributed by atoms with van der Waals surface area (Å²) in [6, 6.07) is 18.8. The lowest BCUT2D eigenvalue weighted by Crippen LogP contribution is -2.27. The number of ether oxygens (including phenoxy) is 2. The lowest BCUT2D eigenvalue weighted by Gasteiger charge is -2.14. The molecule has 4 aromatic rings. The summed E-state index contributed by atoms with van der Waals surface area (Å²) >= 11 is 0. The first-order chi connectivity index (χ1) is 21.0. The molecular weight excluding hydrogens is 563 g/mol. The van der Waals surface area contributed by atoms with E-state index in [9.17, 15) is 9.59 Å². The number of alkyl carbamates (subject to hydrolysis) is 2. The summed E-state index contributed by atoms with van der Waals surface area (Å²) in [4.78, 5) is 33.6. The van der Waals surface area contributed by atoms with Crippen LogP contribution in [-0.2, 0) is 22.3 Å². The minimum atomic E-state index is -0.417. The predicted octanol–water partition coefficient (Wildman–Crippen LogP) is 5.65. The zero-order chi connectivity index (χ0) is 29.6. The number of benzene rings is 2. The Kier molecular flexibility index (Phi) is 9.03. The van der Waals surface area contributed by atoms with Crippen LogP contribution >= 0.6 is 9.24 Å². The van der Waals surface area contributed by atoms with E-state index in [0.717, 1.165) is 37.3 Å². The molecule has 43 heavy (non-hydrogen) atoms. The van der Waals surface area contributed by atoms with Gasteiger partial charge in [-0.3, -0.25) is 0 Å². The van der Waals surface area contributed by atoms with Gasteiger partial charge in [0.15, 0.2) is 23.9 Å². The van der Waals surface area contributed by atoms with Crippen LogP contribution in [0.25, 0.3) is 0 Å². The second-order valence-electron chi connectivity index (χ2n) is 11.0. The Morgan fingerprint density at radius 3 is 2.02 bits per heavy atom. The van der Waals surface area contributed by atoms with Gasteiger partial charge in [0.1, 0.15) is 0 Å². The number of carbonyl (C=O) groups excluding carboxylic acids is 2. The third kappa shape index (κ3) is 6.91. The Morgan fingerprint density at radius 2 is 1.37 bits per heavy atom. The molecule has 0 aliphatic carbocycles. The van der Waals surface area contributed by atoms with E-state index in [4.69, 9.17) is 9.47 Å². The summed E-state index contributed by atoms with van der Waals surface area (Å²) in [5.74, 6) is 1.77. The Hall–Kier alpha value is -4.17. The molecule has 6 rings (SSSR count). The third-order valence-electron chi connectivity index (χ3n) is 8.06. The minimum absolute atomic E-state index is 0.111. The highest BCUT2D eigenvalue weighted by molar-refractivity contribution is 7.16. The van der Waals surface area contributed by atoms with Crippen molar-refractivity contribution in [3.63, 3.8) is 0 Å². The molecule has 0 saturated heterocycles. The fourth-order valence-electron chi connectivity index (χ4n) is 5.97. The van der Waals surface area contributed by atoms with Gasteiger partial charge in [0.25, 0.3) is 0 Å². The SMILES string of the molecule is O=C(NCCCc1cccc(CCCNC(=O)O[C@H]2C[C@H](P)n3ccnc32)c1)O[C@H]1C[C@H](c2ccccc2)n2ccnc21. The minimum Gasteiger partial charge on any atom is -0.438 e. The van der Waals surface area contributed by atoms with E-state index < -0.39 is 12.2 Å². The number of hydrogen-bond acceptors (Lipinski definition) is 6. The Labute approximate surface area is 253 Å². The molecule has 4 heterocycles. The average Bonchev–Trinajstić information content (AvgIpc) is 3.80. The molecule has 10 nitrogen and oxygen atoms in total. The van der Waals surface area contributed by atoms with E-state index in [1.54, 1.807) is 12.4 Å². The molecule has 2 aromatic heterocycles. The molecule has 0 fully saturated rings. The molecule has 2 aromatic carbocycles. The van der Waals surface area contributed by atoms with Crippen LogP contribution in [-0.4, -0.2) is 44.4 Å². The van der Waals surface area contributed by atoms with Gasteiger partial charge in [-0.25, -0.2) is 19.6 Å². The van der Waals surface area contributed by atoms with Gasteiger partial charge in [-0.2, -0.15) is 0 Å². The molecule has 11 heteroatoms. The normalized spacial score (nSPS) is 20.3. The quantitative estimate of drug-likeness (QED) is 0.170. The number of imidazole rings is 2. The molecule has 2 aliphatic heterocycles. The second-order valence-corrected chi connectivity index (χ2v) is 11.8. The molecule has 2 aliphatic rings.